The molecule has 0 aliphatic carbocycles. The van der Waals surface area contributed by atoms with Crippen molar-refractivity contribution in [1.82, 2.24) is 0 Å². The SMILES string of the molecule is CCC(=CCCCCCCCCCC1(C)CCc2c(C)c(O)c(C)c(C)c2O1)[N+](=O)[O-]. The van der Waals surface area contributed by atoms with Crippen molar-refractivity contribution in [3.63, 3.8) is 0 Å². The minimum atomic E-state index is -0.261. The van der Waals surface area contributed by atoms with E-state index in [4.69, 9.17) is 4.74 Å². The Hall–Kier alpha value is -2.04. The molecule has 1 aromatic rings. The van der Waals surface area contributed by atoms with Crippen LogP contribution in [0.4, 0.5) is 0 Å². The molecule has 5 nitrogen and oxygen atoms in total. The number of phenols is 1. The predicted molar refractivity (Wildman–Crippen MR) is 127 cm³/mol. The lowest BCUT2D eigenvalue weighted by Crippen LogP contribution is -2.37. The van der Waals surface area contributed by atoms with Crippen molar-refractivity contribution in [1.29, 1.82) is 0 Å². The molecule has 2 rings (SSSR count). The fourth-order valence-electron chi connectivity index (χ4n) is 4.61. The highest BCUT2D eigenvalue weighted by molar-refractivity contribution is 5.58. The molecule has 0 aromatic heterocycles. The van der Waals surface area contributed by atoms with Crippen LogP contribution >= 0.6 is 0 Å². The number of hydrogen-bond donors (Lipinski definition) is 1. The van der Waals surface area contributed by atoms with Crippen molar-refractivity contribution in [2.24, 2.45) is 0 Å². The van der Waals surface area contributed by atoms with Gasteiger partial charge in [-0.15, -0.1) is 0 Å². The lowest BCUT2D eigenvalue weighted by atomic mass is 9.84. The first kappa shape index (κ1) is 25.2. The third kappa shape index (κ3) is 6.72. The number of hydrogen-bond acceptors (Lipinski definition) is 4. The summed E-state index contributed by atoms with van der Waals surface area (Å²) in [5.74, 6) is 1.42. The van der Waals surface area contributed by atoms with Crippen molar-refractivity contribution in [3.05, 3.63) is 44.1 Å². The summed E-state index contributed by atoms with van der Waals surface area (Å²) in [4.78, 5) is 10.5. The van der Waals surface area contributed by atoms with E-state index in [0.29, 0.717) is 17.9 Å². The fourth-order valence-corrected chi connectivity index (χ4v) is 4.61. The van der Waals surface area contributed by atoms with E-state index in [1.54, 1.807) is 6.08 Å². The first-order valence-corrected chi connectivity index (χ1v) is 12.0. The largest absolute Gasteiger partial charge is 0.507 e. The molecule has 0 radical (unpaired) electrons. The molecule has 1 unspecified atom stereocenters. The molecule has 0 fully saturated rings. The van der Waals surface area contributed by atoms with Crippen molar-refractivity contribution in [2.75, 3.05) is 0 Å². The van der Waals surface area contributed by atoms with Gasteiger partial charge in [0.2, 0.25) is 5.70 Å². The fraction of sp³-hybridized carbons (Fsp3) is 0.692. The molecule has 31 heavy (non-hydrogen) atoms. The van der Waals surface area contributed by atoms with Crippen LogP contribution in [-0.4, -0.2) is 15.6 Å². The van der Waals surface area contributed by atoms with Gasteiger partial charge in [0.25, 0.3) is 0 Å². The highest BCUT2D eigenvalue weighted by Gasteiger charge is 2.34. The van der Waals surface area contributed by atoms with Gasteiger partial charge >= 0.3 is 0 Å². The van der Waals surface area contributed by atoms with Gasteiger partial charge < -0.3 is 9.84 Å². The van der Waals surface area contributed by atoms with E-state index in [1.165, 1.54) is 37.7 Å². The quantitative estimate of drug-likeness (QED) is 0.211. The number of fused-ring (bicyclic) bond motifs is 1. The average molecular weight is 432 g/mol. The number of phenolic OH excluding ortho intramolecular Hbond substituents is 1. The Bertz CT molecular complexity index is 799. The minimum absolute atomic E-state index is 0.117. The molecular formula is C26H41NO4. The van der Waals surface area contributed by atoms with Gasteiger partial charge in [-0.2, -0.15) is 0 Å². The van der Waals surface area contributed by atoms with Gasteiger partial charge in [0.05, 0.1) is 4.92 Å². The summed E-state index contributed by atoms with van der Waals surface area (Å²) in [6.45, 7) is 10.1. The Labute approximate surface area is 188 Å². The maximum atomic E-state index is 10.8. The Morgan fingerprint density at radius 1 is 1.06 bits per heavy atom. The number of benzene rings is 1. The average Bonchev–Trinajstić information content (AvgIpc) is 2.74. The molecule has 1 atom stereocenters. The van der Waals surface area contributed by atoms with Gasteiger partial charge in [0.1, 0.15) is 17.1 Å². The van der Waals surface area contributed by atoms with Crippen LogP contribution in [0.15, 0.2) is 11.8 Å². The zero-order valence-corrected chi connectivity index (χ0v) is 20.2. The van der Waals surface area contributed by atoms with E-state index >= 15 is 0 Å². The van der Waals surface area contributed by atoms with Gasteiger partial charge in [0, 0.05) is 12.0 Å². The van der Waals surface area contributed by atoms with E-state index in [2.05, 4.69) is 13.8 Å². The van der Waals surface area contributed by atoms with Crippen LogP contribution in [0, 0.1) is 30.9 Å². The molecule has 1 aromatic carbocycles. The molecule has 0 bridgehead atoms. The molecule has 1 aliphatic rings. The topological polar surface area (TPSA) is 72.6 Å². The summed E-state index contributed by atoms with van der Waals surface area (Å²) in [5, 5.41) is 21.1. The Balaban J connectivity index is 1.67. The van der Waals surface area contributed by atoms with Crippen LogP contribution in [0.3, 0.4) is 0 Å². The van der Waals surface area contributed by atoms with Gasteiger partial charge in [-0.05, 0) is 89.0 Å². The molecule has 5 heteroatoms. The number of nitrogens with zero attached hydrogens (tertiary/aromatic N) is 1. The molecule has 1 heterocycles. The van der Waals surface area contributed by atoms with E-state index in [1.807, 2.05) is 20.8 Å². The van der Waals surface area contributed by atoms with Crippen LogP contribution in [0.1, 0.15) is 107 Å². The number of unbranched alkanes of at least 4 members (excludes halogenated alkanes) is 7. The first-order valence-electron chi connectivity index (χ1n) is 12.0. The Morgan fingerprint density at radius 2 is 1.68 bits per heavy atom. The van der Waals surface area contributed by atoms with E-state index in [-0.39, 0.29) is 10.5 Å². The second-order valence-corrected chi connectivity index (χ2v) is 9.40. The van der Waals surface area contributed by atoms with Crippen molar-refractivity contribution >= 4 is 0 Å². The van der Waals surface area contributed by atoms with Crippen molar-refractivity contribution in [3.8, 4) is 11.5 Å². The summed E-state index contributed by atoms with van der Waals surface area (Å²) >= 11 is 0. The van der Waals surface area contributed by atoms with Crippen LogP contribution in [-0.2, 0) is 6.42 Å². The third-order valence-electron chi connectivity index (χ3n) is 6.98. The molecule has 1 N–H and O–H groups in total. The predicted octanol–water partition coefficient (Wildman–Crippen LogP) is 7.48. The highest BCUT2D eigenvalue weighted by atomic mass is 16.6. The highest BCUT2D eigenvalue weighted by Crippen LogP contribution is 2.44. The number of nitro groups is 1. The molecule has 0 spiro atoms. The van der Waals surface area contributed by atoms with Crippen molar-refractivity contribution < 1.29 is 14.8 Å². The zero-order chi connectivity index (χ0) is 23.0. The molecule has 0 saturated carbocycles. The lowest BCUT2D eigenvalue weighted by molar-refractivity contribution is -0.427. The lowest BCUT2D eigenvalue weighted by Gasteiger charge is -2.38. The third-order valence-corrected chi connectivity index (χ3v) is 6.98. The Kier molecular flexibility index (Phi) is 9.39. The number of rotatable bonds is 12. The van der Waals surface area contributed by atoms with E-state index in [9.17, 15) is 15.2 Å². The van der Waals surface area contributed by atoms with Crippen LogP contribution in [0.5, 0.6) is 11.5 Å². The molecular weight excluding hydrogens is 390 g/mol. The smallest absolute Gasteiger partial charge is 0.242 e. The van der Waals surface area contributed by atoms with E-state index < -0.39 is 0 Å². The summed E-state index contributed by atoms with van der Waals surface area (Å²) in [6, 6.07) is 0. The maximum Gasteiger partial charge on any atom is 0.242 e. The van der Waals surface area contributed by atoms with Crippen molar-refractivity contribution in [2.45, 2.75) is 117 Å². The maximum absolute atomic E-state index is 10.8. The second-order valence-electron chi connectivity index (χ2n) is 9.40. The van der Waals surface area contributed by atoms with Gasteiger partial charge in [-0.1, -0.05) is 39.0 Å². The minimum Gasteiger partial charge on any atom is -0.507 e. The summed E-state index contributed by atoms with van der Waals surface area (Å²) < 4.78 is 6.52. The molecule has 1 aliphatic heterocycles. The van der Waals surface area contributed by atoms with E-state index in [0.717, 1.165) is 61.0 Å². The standard InChI is InChI=1S/C26H41NO4/c1-6-22(27(29)30)15-13-11-9-7-8-10-12-14-17-26(5)18-16-23-21(4)24(28)19(2)20(3)25(23)31-26/h15,28H,6-14,16-18H2,1-5H3. The monoisotopic (exact) mass is 431 g/mol. The summed E-state index contributed by atoms with van der Waals surface area (Å²) in [7, 11) is 0. The van der Waals surface area contributed by atoms with Crippen LogP contribution in [0.2, 0.25) is 0 Å². The second kappa shape index (κ2) is 11.5. The van der Waals surface area contributed by atoms with Gasteiger partial charge in [-0.3, -0.25) is 10.1 Å². The Morgan fingerprint density at radius 3 is 2.29 bits per heavy atom. The van der Waals surface area contributed by atoms with Crippen LogP contribution < -0.4 is 4.74 Å². The summed E-state index contributed by atoms with van der Waals surface area (Å²) in [5.41, 5.74) is 4.38. The molecule has 0 amide bonds. The normalized spacial score (nSPS) is 18.5. The molecule has 0 saturated heterocycles. The number of allylic oxidation sites excluding steroid dienone is 2. The summed E-state index contributed by atoms with van der Waals surface area (Å²) in [6.07, 6.45) is 14.4. The van der Waals surface area contributed by atoms with Crippen LogP contribution in [0.25, 0.3) is 0 Å². The number of aromatic hydroxyl groups is 1. The van der Waals surface area contributed by atoms with Gasteiger partial charge in [-0.25, -0.2) is 0 Å². The first-order chi connectivity index (χ1) is 14.7. The van der Waals surface area contributed by atoms with Gasteiger partial charge in [0.15, 0.2) is 0 Å². The molecule has 174 valence electrons. The zero-order valence-electron chi connectivity index (χ0n) is 20.2. The number of ether oxygens (including phenoxy) is 1.